The monoisotopic (exact) mass is 326 g/mol. The van der Waals surface area contributed by atoms with Gasteiger partial charge in [0.15, 0.2) is 5.76 Å². The minimum Gasteiger partial charge on any atom is -0.373 e. The molecule has 1 rings (SSSR count). The molecule has 1 aliphatic rings. The summed E-state index contributed by atoms with van der Waals surface area (Å²) in [6, 6.07) is 0. The van der Waals surface area contributed by atoms with Gasteiger partial charge in [0.25, 0.3) is 0 Å². The Morgan fingerprint density at radius 3 is 2.48 bits per heavy atom. The van der Waals surface area contributed by atoms with Crippen LogP contribution in [0.4, 0.5) is 13.2 Å². The highest BCUT2D eigenvalue weighted by Gasteiger charge is 2.51. The highest BCUT2D eigenvalue weighted by molar-refractivity contribution is 7.87. The second-order valence-electron chi connectivity index (χ2n) is 5.15. The van der Waals surface area contributed by atoms with Crippen molar-refractivity contribution in [1.29, 1.82) is 0 Å². The van der Waals surface area contributed by atoms with Gasteiger partial charge in [0.1, 0.15) is 0 Å². The van der Waals surface area contributed by atoms with Gasteiger partial charge in [-0.3, -0.25) is 4.79 Å². The molecule has 0 N–H and O–H groups in total. The Morgan fingerprint density at radius 2 is 2.00 bits per heavy atom. The standard InChI is InChI=1S/C13H17F3O4S/c1-4-6-9(2)12(3)8-5-7-10(11(12)17)20-21(18,19)13(14,15)16/h4,6-7,9H,5,8H2,1-3H3/b6-4+/t9-,12+/m0/s1. The quantitative estimate of drug-likeness (QED) is 0.452. The van der Waals surface area contributed by atoms with Crippen molar-refractivity contribution in [2.45, 2.75) is 39.1 Å². The van der Waals surface area contributed by atoms with Crippen LogP contribution in [0, 0.1) is 11.3 Å². The first kappa shape index (κ1) is 17.7. The topological polar surface area (TPSA) is 60.4 Å². The fraction of sp³-hybridized carbons (Fsp3) is 0.615. The molecule has 0 spiro atoms. The third-order valence-corrected chi connectivity index (χ3v) is 4.67. The molecule has 0 saturated heterocycles. The molecule has 0 fully saturated rings. The van der Waals surface area contributed by atoms with Crippen molar-refractivity contribution in [3.63, 3.8) is 0 Å². The maximum atomic E-state index is 12.3. The van der Waals surface area contributed by atoms with E-state index in [-0.39, 0.29) is 12.3 Å². The number of carbonyl (C=O) groups excluding carboxylic acids is 1. The van der Waals surface area contributed by atoms with E-state index in [0.29, 0.717) is 6.42 Å². The minimum absolute atomic E-state index is 0.254. The van der Waals surface area contributed by atoms with Crippen LogP contribution in [0.5, 0.6) is 0 Å². The number of alkyl halides is 3. The van der Waals surface area contributed by atoms with Gasteiger partial charge < -0.3 is 4.18 Å². The van der Waals surface area contributed by atoms with Crippen LogP contribution >= 0.6 is 0 Å². The van der Waals surface area contributed by atoms with Gasteiger partial charge in [-0.15, -0.1) is 0 Å². The highest BCUT2D eigenvalue weighted by atomic mass is 32.2. The zero-order chi connectivity index (χ0) is 16.5. The molecule has 1 aliphatic carbocycles. The maximum Gasteiger partial charge on any atom is 0.534 e. The van der Waals surface area contributed by atoms with E-state index < -0.39 is 32.6 Å². The molecule has 8 heteroatoms. The fourth-order valence-corrected chi connectivity index (χ4v) is 2.64. The zero-order valence-electron chi connectivity index (χ0n) is 11.9. The molecule has 0 amide bonds. The van der Waals surface area contributed by atoms with Gasteiger partial charge in [-0.25, -0.2) is 0 Å². The maximum absolute atomic E-state index is 12.3. The molecule has 120 valence electrons. The van der Waals surface area contributed by atoms with Crippen molar-refractivity contribution >= 4 is 15.9 Å². The molecule has 0 bridgehead atoms. The Morgan fingerprint density at radius 1 is 1.43 bits per heavy atom. The summed E-state index contributed by atoms with van der Waals surface area (Å²) in [5.41, 5.74) is -6.55. The van der Waals surface area contributed by atoms with Crippen LogP contribution in [0.3, 0.4) is 0 Å². The SMILES string of the molecule is C/C=C/[C@H](C)[C@@]1(C)CCC=C(OS(=O)(=O)C(F)(F)F)C1=O. The molecule has 0 saturated carbocycles. The van der Waals surface area contributed by atoms with E-state index in [2.05, 4.69) is 4.18 Å². The summed E-state index contributed by atoms with van der Waals surface area (Å²) in [5, 5.41) is 0. The molecule has 0 aromatic rings. The summed E-state index contributed by atoms with van der Waals surface area (Å²) in [4.78, 5) is 12.3. The van der Waals surface area contributed by atoms with Gasteiger partial charge in [-0.05, 0) is 31.8 Å². The second kappa shape index (κ2) is 5.82. The number of hydrogen-bond donors (Lipinski definition) is 0. The molecule has 0 aliphatic heterocycles. The van der Waals surface area contributed by atoms with Crippen LogP contribution in [-0.2, 0) is 19.1 Å². The molecule has 0 radical (unpaired) electrons. The number of Topliss-reactive ketones (excluding diaryl/α,β-unsaturated/α-hetero) is 1. The van der Waals surface area contributed by atoms with E-state index >= 15 is 0 Å². The van der Waals surface area contributed by atoms with E-state index in [1.54, 1.807) is 32.9 Å². The van der Waals surface area contributed by atoms with Crippen molar-refractivity contribution in [2.75, 3.05) is 0 Å². The molecule has 0 aromatic carbocycles. The highest BCUT2D eigenvalue weighted by Crippen LogP contribution is 2.41. The second-order valence-corrected chi connectivity index (χ2v) is 6.69. The van der Waals surface area contributed by atoms with Gasteiger partial charge in [0.05, 0.1) is 0 Å². The van der Waals surface area contributed by atoms with E-state index in [9.17, 15) is 26.4 Å². The van der Waals surface area contributed by atoms with Crippen molar-refractivity contribution in [3.8, 4) is 0 Å². The fourth-order valence-electron chi connectivity index (χ4n) is 2.16. The van der Waals surface area contributed by atoms with Gasteiger partial charge in [0, 0.05) is 5.41 Å². The van der Waals surface area contributed by atoms with Gasteiger partial charge in [-0.1, -0.05) is 26.0 Å². The van der Waals surface area contributed by atoms with E-state index in [4.69, 9.17) is 0 Å². The van der Waals surface area contributed by atoms with Crippen LogP contribution in [0.25, 0.3) is 0 Å². The largest absolute Gasteiger partial charge is 0.534 e. The number of halogens is 3. The van der Waals surface area contributed by atoms with Crippen LogP contribution in [0.15, 0.2) is 24.0 Å². The number of carbonyl (C=O) groups is 1. The average Bonchev–Trinajstić information content (AvgIpc) is 2.33. The molecule has 2 atom stereocenters. The number of rotatable bonds is 4. The number of allylic oxidation sites excluding steroid dienone is 4. The van der Waals surface area contributed by atoms with Gasteiger partial charge in [-0.2, -0.15) is 21.6 Å². The van der Waals surface area contributed by atoms with Crippen molar-refractivity contribution in [3.05, 3.63) is 24.0 Å². The lowest BCUT2D eigenvalue weighted by atomic mass is 9.68. The summed E-state index contributed by atoms with van der Waals surface area (Å²) in [7, 11) is -5.83. The number of ketones is 1. The molecular weight excluding hydrogens is 309 g/mol. The first-order valence-corrected chi connectivity index (χ1v) is 7.75. The van der Waals surface area contributed by atoms with Gasteiger partial charge >= 0.3 is 15.6 Å². The smallest absolute Gasteiger partial charge is 0.373 e. The lowest BCUT2D eigenvalue weighted by Gasteiger charge is -2.35. The molecule has 0 heterocycles. The van der Waals surface area contributed by atoms with E-state index in [1.165, 1.54) is 0 Å². The third kappa shape index (κ3) is 3.48. The third-order valence-electron chi connectivity index (χ3n) is 3.70. The molecule has 0 aromatic heterocycles. The predicted molar refractivity (Wildman–Crippen MR) is 70.5 cm³/mol. The van der Waals surface area contributed by atoms with Gasteiger partial charge in [0.2, 0.25) is 5.78 Å². The van der Waals surface area contributed by atoms with Crippen LogP contribution in [0.1, 0.15) is 33.6 Å². The van der Waals surface area contributed by atoms with Crippen LogP contribution < -0.4 is 0 Å². The summed E-state index contributed by atoms with van der Waals surface area (Å²) < 4.78 is 63.0. The van der Waals surface area contributed by atoms with Crippen LogP contribution in [-0.4, -0.2) is 19.7 Å². The molecule has 4 nitrogen and oxygen atoms in total. The summed E-state index contributed by atoms with van der Waals surface area (Å²) >= 11 is 0. The van der Waals surface area contributed by atoms with Crippen molar-refractivity contribution in [2.24, 2.45) is 11.3 Å². The van der Waals surface area contributed by atoms with E-state index in [0.717, 1.165) is 6.08 Å². The normalized spacial score (nSPS) is 25.8. The average molecular weight is 326 g/mol. The zero-order valence-corrected chi connectivity index (χ0v) is 12.7. The molecule has 0 unspecified atom stereocenters. The molecule has 21 heavy (non-hydrogen) atoms. The van der Waals surface area contributed by atoms with E-state index in [1.807, 2.05) is 0 Å². The summed E-state index contributed by atoms with van der Waals surface area (Å²) in [5.74, 6) is -1.74. The van der Waals surface area contributed by atoms with Crippen molar-refractivity contribution in [1.82, 2.24) is 0 Å². The number of hydrogen-bond acceptors (Lipinski definition) is 4. The Balaban J connectivity index is 3.08. The summed E-state index contributed by atoms with van der Waals surface area (Å²) in [6.45, 7) is 5.10. The Kier molecular flexibility index (Phi) is 4.92. The van der Waals surface area contributed by atoms with Crippen molar-refractivity contribution < 1.29 is 30.6 Å². The predicted octanol–water partition coefficient (Wildman–Crippen LogP) is 3.32. The molecular formula is C13H17F3O4S. The first-order valence-electron chi connectivity index (χ1n) is 6.34. The Bertz CT molecular complexity index is 575. The Labute approximate surface area is 121 Å². The Hall–Kier alpha value is -1.31. The lowest BCUT2D eigenvalue weighted by molar-refractivity contribution is -0.129. The van der Waals surface area contributed by atoms with Crippen LogP contribution in [0.2, 0.25) is 0 Å². The lowest BCUT2D eigenvalue weighted by Crippen LogP contribution is -2.39. The minimum atomic E-state index is -5.83. The first-order chi connectivity index (χ1) is 9.45. The summed E-state index contributed by atoms with van der Waals surface area (Å²) in [6.07, 6.45) is 5.26.